The SMILES string of the molecule is CC(C)(C)n1c(-c2cccc(Br)c2Cl)nnc1S(=O)(=O)Cl. The van der Waals surface area contributed by atoms with Gasteiger partial charge in [-0.05, 0) is 48.8 Å². The van der Waals surface area contributed by atoms with E-state index in [0.717, 1.165) is 0 Å². The van der Waals surface area contributed by atoms with Crippen molar-refractivity contribution in [3.8, 4) is 11.4 Å². The fourth-order valence-electron chi connectivity index (χ4n) is 1.88. The van der Waals surface area contributed by atoms with Crippen LogP contribution in [0.5, 0.6) is 0 Å². The van der Waals surface area contributed by atoms with Crippen molar-refractivity contribution in [1.82, 2.24) is 14.8 Å². The third kappa shape index (κ3) is 3.26. The largest absolute Gasteiger partial charge is 0.296 e. The molecule has 0 N–H and O–H groups in total. The predicted molar refractivity (Wildman–Crippen MR) is 86.2 cm³/mol. The summed E-state index contributed by atoms with van der Waals surface area (Å²) in [5, 5.41) is 7.81. The zero-order valence-corrected chi connectivity index (χ0v) is 15.3. The Balaban J connectivity index is 2.83. The lowest BCUT2D eigenvalue weighted by Crippen LogP contribution is -2.26. The quantitative estimate of drug-likeness (QED) is 0.698. The van der Waals surface area contributed by atoms with Crippen LogP contribution in [0.2, 0.25) is 5.02 Å². The van der Waals surface area contributed by atoms with E-state index in [2.05, 4.69) is 26.1 Å². The molecule has 0 radical (unpaired) electrons. The van der Waals surface area contributed by atoms with Crippen molar-refractivity contribution in [1.29, 1.82) is 0 Å². The Morgan fingerprint density at radius 3 is 2.38 bits per heavy atom. The van der Waals surface area contributed by atoms with Crippen molar-refractivity contribution < 1.29 is 8.42 Å². The van der Waals surface area contributed by atoms with Crippen molar-refractivity contribution in [2.45, 2.75) is 31.5 Å². The van der Waals surface area contributed by atoms with Crippen molar-refractivity contribution >= 4 is 47.3 Å². The highest BCUT2D eigenvalue weighted by Gasteiger charge is 2.31. The molecular formula is C12H12BrCl2N3O2S. The predicted octanol–water partition coefficient (Wildman–Crippen LogP) is 4.04. The molecule has 0 atom stereocenters. The molecule has 0 fully saturated rings. The standard InChI is InChI=1S/C12H12BrCl2N3O2S/c1-12(2,3)18-10(16-17-11(18)21(15,19)20)7-5-4-6-8(13)9(7)14/h4-6H,1-3H3. The van der Waals surface area contributed by atoms with Gasteiger partial charge in [-0.2, -0.15) is 0 Å². The van der Waals surface area contributed by atoms with Gasteiger partial charge in [-0.3, -0.25) is 4.57 Å². The second-order valence-corrected chi connectivity index (χ2v) is 9.04. The van der Waals surface area contributed by atoms with Crippen LogP contribution < -0.4 is 0 Å². The fraction of sp³-hybridized carbons (Fsp3) is 0.333. The maximum atomic E-state index is 11.7. The molecule has 0 aliphatic carbocycles. The van der Waals surface area contributed by atoms with Crippen molar-refractivity contribution in [3.63, 3.8) is 0 Å². The number of hydrogen-bond donors (Lipinski definition) is 0. The Morgan fingerprint density at radius 2 is 1.86 bits per heavy atom. The lowest BCUT2D eigenvalue weighted by molar-refractivity contribution is 0.367. The van der Waals surface area contributed by atoms with Gasteiger partial charge in [0.05, 0.1) is 5.02 Å². The van der Waals surface area contributed by atoms with Crippen LogP contribution in [0, 0.1) is 0 Å². The van der Waals surface area contributed by atoms with E-state index in [1.165, 1.54) is 4.57 Å². The minimum Gasteiger partial charge on any atom is -0.291 e. The summed E-state index contributed by atoms with van der Waals surface area (Å²) >= 11 is 9.59. The maximum absolute atomic E-state index is 11.7. The molecule has 0 amide bonds. The normalized spacial score (nSPS) is 12.7. The second kappa shape index (κ2) is 5.53. The fourth-order valence-corrected chi connectivity index (χ4v) is 3.48. The van der Waals surface area contributed by atoms with Gasteiger partial charge in [0.2, 0.25) is 0 Å². The van der Waals surface area contributed by atoms with Crippen molar-refractivity contribution in [2.75, 3.05) is 0 Å². The third-order valence-electron chi connectivity index (χ3n) is 2.71. The first kappa shape index (κ1) is 16.7. The molecule has 5 nitrogen and oxygen atoms in total. The molecule has 0 unspecified atom stereocenters. The smallest absolute Gasteiger partial charge is 0.291 e. The minimum atomic E-state index is -4.02. The van der Waals surface area contributed by atoms with Crippen LogP contribution in [-0.2, 0) is 14.6 Å². The van der Waals surface area contributed by atoms with E-state index in [0.29, 0.717) is 20.9 Å². The highest BCUT2D eigenvalue weighted by molar-refractivity contribution is 9.10. The van der Waals surface area contributed by atoms with Gasteiger partial charge in [0.1, 0.15) is 0 Å². The monoisotopic (exact) mass is 411 g/mol. The van der Waals surface area contributed by atoms with E-state index in [1.54, 1.807) is 18.2 Å². The topological polar surface area (TPSA) is 64.8 Å². The summed E-state index contributed by atoms with van der Waals surface area (Å²) in [6.07, 6.45) is 0. The van der Waals surface area contributed by atoms with Crippen molar-refractivity contribution in [3.05, 3.63) is 27.7 Å². The molecule has 0 saturated heterocycles. The summed E-state index contributed by atoms with van der Waals surface area (Å²) < 4.78 is 25.5. The average Bonchev–Trinajstić information content (AvgIpc) is 2.76. The summed E-state index contributed by atoms with van der Waals surface area (Å²) in [5.74, 6) is 0.341. The molecule has 2 rings (SSSR count). The van der Waals surface area contributed by atoms with E-state index in [4.69, 9.17) is 22.3 Å². The zero-order valence-electron chi connectivity index (χ0n) is 11.4. The number of nitrogens with zero attached hydrogens (tertiary/aromatic N) is 3. The third-order valence-corrected chi connectivity index (χ3v) is 5.13. The van der Waals surface area contributed by atoms with Gasteiger partial charge >= 0.3 is 0 Å². The van der Waals surface area contributed by atoms with Crippen LogP contribution in [-0.4, -0.2) is 23.2 Å². The zero-order chi connectivity index (χ0) is 16.0. The van der Waals surface area contributed by atoms with Gasteiger partial charge in [-0.1, -0.05) is 17.7 Å². The summed E-state index contributed by atoms with van der Waals surface area (Å²) in [5.41, 5.74) is -0.0260. The summed E-state index contributed by atoms with van der Waals surface area (Å²) in [6.45, 7) is 5.49. The average molecular weight is 413 g/mol. The van der Waals surface area contributed by atoms with E-state index in [9.17, 15) is 8.42 Å². The summed E-state index contributed by atoms with van der Waals surface area (Å²) in [7, 11) is 1.43. The number of rotatable bonds is 2. The number of halogens is 3. The lowest BCUT2D eigenvalue weighted by Gasteiger charge is -2.24. The number of benzene rings is 1. The van der Waals surface area contributed by atoms with Gasteiger partial charge in [0, 0.05) is 26.3 Å². The second-order valence-electron chi connectivity index (χ2n) is 5.35. The Bertz CT molecular complexity index is 797. The summed E-state index contributed by atoms with van der Waals surface area (Å²) in [6, 6.07) is 5.30. The molecule has 114 valence electrons. The van der Waals surface area contributed by atoms with E-state index >= 15 is 0 Å². The van der Waals surface area contributed by atoms with E-state index in [-0.39, 0.29) is 5.16 Å². The van der Waals surface area contributed by atoms with Crippen molar-refractivity contribution in [2.24, 2.45) is 0 Å². The highest BCUT2D eigenvalue weighted by Crippen LogP contribution is 2.36. The molecule has 1 heterocycles. The van der Waals surface area contributed by atoms with E-state index < -0.39 is 14.6 Å². The molecule has 0 bridgehead atoms. The van der Waals surface area contributed by atoms with Crippen LogP contribution in [0.4, 0.5) is 0 Å². The molecule has 0 aliphatic rings. The molecule has 1 aromatic heterocycles. The Kier molecular flexibility index (Phi) is 4.41. The van der Waals surface area contributed by atoms with E-state index in [1.807, 2.05) is 20.8 Å². The first-order chi connectivity index (χ1) is 9.53. The first-order valence-electron chi connectivity index (χ1n) is 5.88. The summed E-state index contributed by atoms with van der Waals surface area (Å²) in [4.78, 5) is 0. The molecule has 0 spiro atoms. The van der Waals surface area contributed by atoms with Crippen LogP contribution in [0.15, 0.2) is 27.8 Å². The van der Waals surface area contributed by atoms with Gasteiger partial charge in [-0.25, -0.2) is 8.42 Å². The molecule has 21 heavy (non-hydrogen) atoms. The van der Waals surface area contributed by atoms with Crippen LogP contribution >= 0.6 is 38.2 Å². The lowest BCUT2D eigenvalue weighted by atomic mass is 10.1. The van der Waals surface area contributed by atoms with Gasteiger partial charge in [0.15, 0.2) is 5.82 Å². The van der Waals surface area contributed by atoms with Crippen LogP contribution in [0.3, 0.4) is 0 Å². The molecule has 0 saturated carbocycles. The van der Waals surface area contributed by atoms with Gasteiger partial charge in [-0.15, -0.1) is 10.2 Å². The Morgan fingerprint density at radius 1 is 1.24 bits per heavy atom. The first-order valence-corrected chi connectivity index (χ1v) is 9.36. The minimum absolute atomic E-state index is 0.303. The molecule has 1 aromatic carbocycles. The molecular weight excluding hydrogens is 401 g/mol. The molecule has 9 heteroatoms. The number of hydrogen-bond acceptors (Lipinski definition) is 4. The van der Waals surface area contributed by atoms with Gasteiger partial charge < -0.3 is 0 Å². The molecule has 0 aliphatic heterocycles. The van der Waals surface area contributed by atoms with Crippen LogP contribution in [0.25, 0.3) is 11.4 Å². The van der Waals surface area contributed by atoms with Gasteiger partial charge in [0.25, 0.3) is 14.2 Å². The maximum Gasteiger partial charge on any atom is 0.296 e. The Labute approximate surface area is 140 Å². The highest BCUT2D eigenvalue weighted by atomic mass is 79.9. The molecule has 2 aromatic rings. The Hall–Kier alpha value is -0.630. The number of aromatic nitrogens is 3. The van der Waals surface area contributed by atoms with Crippen LogP contribution in [0.1, 0.15) is 20.8 Å².